The largest absolute Gasteiger partial charge is 0.495 e. The highest BCUT2D eigenvalue weighted by Crippen LogP contribution is 2.32. The minimum Gasteiger partial charge on any atom is -0.495 e. The number of rotatable bonds is 5. The molecular weight excluding hydrogens is 351 g/mol. The van der Waals surface area contributed by atoms with Crippen LogP contribution in [0.5, 0.6) is 5.75 Å². The van der Waals surface area contributed by atoms with Gasteiger partial charge in [-0.2, -0.15) is 0 Å². The molecule has 0 aliphatic rings. The van der Waals surface area contributed by atoms with Gasteiger partial charge < -0.3 is 4.74 Å². The lowest BCUT2D eigenvalue weighted by atomic mass is 10.3. The molecule has 0 radical (unpaired) electrons. The van der Waals surface area contributed by atoms with E-state index < -0.39 is 31.3 Å². The van der Waals surface area contributed by atoms with Crippen molar-refractivity contribution in [1.82, 2.24) is 0 Å². The predicted octanol–water partition coefficient (Wildman–Crippen LogP) is 3.20. The minimum atomic E-state index is -4.35. The number of nitro groups is 1. The maximum absolute atomic E-state index is 13.1. The number of nitrogens with zero attached hydrogens (tertiary/aromatic N) is 1. The van der Waals surface area contributed by atoms with Crippen LogP contribution in [0.1, 0.15) is 0 Å². The molecule has 0 fully saturated rings. The quantitative estimate of drug-likeness (QED) is 0.652. The van der Waals surface area contributed by atoms with Crippen molar-refractivity contribution in [3.63, 3.8) is 0 Å². The van der Waals surface area contributed by atoms with Gasteiger partial charge in [0, 0.05) is 5.02 Å². The van der Waals surface area contributed by atoms with E-state index in [0.29, 0.717) is 6.07 Å². The Hall–Kier alpha value is -2.39. The predicted molar refractivity (Wildman–Crippen MR) is 81.9 cm³/mol. The molecule has 0 aliphatic carbocycles. The van der Waals surface area contributed by atoms with Crippen LogP contribution >= 0.6 is 11.6 Å². The van der Waals surface area contributed by atoms with Gasteiger partial charge in [-0.1, -0.05) is 11.6 Å². The third-order valence-corrected chi connectivity index (χ3v) is 4.46. The molecule has 0 spiro atoms. The van der Waals surface area contributed by atoms with Crippen LogP contribution < -0.4 is 9.46 Å². The van der Waals surface area contributed by atoms with Gasteiger partial charge in [0.05, 0.1) is 23.8 Å². The van der Waals surface area contributed by atoms with Crippen molar-refractivity contribution >= 4 is 33.0 Å². The van der Waals surface area contributed by atoms with Gasteiger partial charge in [0.2, 0.25) is 0 Å². The fourth-order valence-electron chi connectivity index (χ4n) is 1.82. The lowest BCUT2D eigenvalue weighted by Crippen LogP contribution is -2.15. The van der Waals surface area contributed by atoms with Crippen LogP contribution in [0.4, 0.5) is 15.8 Å². The second-order valence-corrected chi connectivity index (χ2v) is 6.41. The molecule has 0 atom stereocenters. The summed E-state index contributed by atoms with van der Waals surface area (Å²) in [5, 5.41) is 11.2. The number of halogens is 2. The van der Waals surface area contributed by atoms with Crippen molar-refractivity contribution in [2.24, 2.45) is 0 Å². The van der Waals surface area contributed by atoms with Crippen molar-refractivity contribution < 1.29 is 22.5 Å². The molecule has 7 nitrogen and oxygen atoms in total. The zero-order valence-electron chi connectivity index (χ0n) is 11.6. The van der Waals surface area contributed by atoms with E-state index in [1.165, 1.54) is 25.3 Å². The van der Waals surface area contributed by atoms with E-state index in [2.05, 4.69) is 4.72 Å². The van der Waals surface area contributed by atoms with Crippen molar-refractivity contribution in [1.29, 1.82) is 0 Å². The van der Waals surface area contributed by atoms with Gasteiger partial charge in [-0.25, -0.2) is 12.8 Å². The van der Waals surface area contributed by atoms with E-state index in [1.807, 2.05) is 0 Å². The maximum Gasteiger partial charge on any atom is 0.292 e. The van der Waals surface area contributed by atoms with Gasteiger partial charge in [-0.05, 0) is 30.3 Å². The summed E-state index contributed by atoms with van der Waals surface area (Å²) < 4.78 is 45.0. The Morgan fingerprint density at radius 2 is 1.96 bits per heavy atom. The molecule has 10 heteroatoms. The van der Waals surface area contributed by atoms with E-state index in [9.17, 15) is 22.9 Å². The van der Waals surface area contributed by atoms with Crippen LogP contribution in [0.25, 0.3) is 0 Å². The van der Waals surface area contributed by atoms with Crippen LogP contribution in [-0.2, 0) is 10.0 Å². The maximum atomic E-state index is 13.1. The third-order valence-electron chi connectivity index (χ3n) is 2.81. The number of ether oxygens (including phenoxy) is 1. The Labute approximate surface area is 135 Å². The van der Waals surface area contributed by atoms with Crippen LogP contribution in [0.2, 0.25) is 5.02 Å². The van der Waals surface area contributed by atoms with E-state index in [4.69, 9.17) is 16.3 Å². The van der Waals surface area contributed by atoms with Crippen LogP contribution in [0, 0.1) is 15.9 Å². The van der Waals surface area contributed by atoms with Crippen molar-refractivity contribution in [3.05, 3.63) is 57.4 Å². The molecule has 0 bridgehead atoms. The van der Waals surface area contributed by atoms with E-state index >= 15 is 0 Å². The minimum absolute atomic E-state index is 0.00128. The summed E-state index contributed by atoms with van der Waals surface area (Å²) in [6, 6.07) is 6.36. The van der Waals surface area contributed by atoms with Crippen LogP contribution in [0.15, 0.2) is 41.3 Å². The molecule has 0 amide bonds. The lowest BCUT2D eigenvalue weighted by molar-refractivity contribution is -0.388. The van der Waals surface area contributed by atoms with Crippen molar-refractivity contribution in [3.8, 4) is 5.75 Å². The first kappa shape index (κ1) is 17.0. The second kappa shape index (κ2) is 6.39. The number of hydrogen-bond acceptors (Lipinski definition) is 5. The SMILES string of the molecule is COc1ccc(Cl)cc1NS(=O)(=O)c1ccc(F)cc1[N+](=O)[O-]. The van der Waals surface area contributed by atoms with Crippen molar-refractivity contribution in [2.45, 2.75) is 4.90 Å². The van der Waals surface area contributed by atoms with Gasteiger partial charge in [-0.15, -0.1) is 0 Å². The number of sulfonamides is 1. The number of benzene rings is 2. The zero-order valence-corrected chi connectivity index (χ0v) is 13.2. The molecule has 0 saturated heterocycles. The number of nitrogens with one attached hydrogen (secondary N) is 1. The summed E-state index contributed by atoms with van der Waals surface area (Å²) in [6.45, 7) is 0. The first-order valence-corrected chi connectivity index (χ1v) is 7.91. The Balaban J connectivity index is 2.52. The Kier molecular flexibility index (Phi) is 4.71. The highest BCUT2D eigenvalue weighted by atomic mass is 35.5. The highest BCUT2D eigenvalue weighted by molar-refractivity contribution is 7.92. The number of methoxy groups -OCH3 is 1. The molecule has 2 aromatic rings. The lowest BCUT2D eigenvalue weighted by Gasteiger charge is -2.12. The Morgan fingerprint density at radius 3 is 2.57 bits per heavy atom. The standard InChI is InChI=1S/C13H10ClFN2O5S/c1-22-12-4-2-8(14)6-10(12)16-23(20,21)13-5-3-9(15)7-11(13)17(18)19/h2-7,16H,1H3. The van der Waals surface area contributed by atoms with Gasteiger partial charge in [0.25, 0.3) is 15.7 Å². The van der Waals surface area contributed by atoms with Gasteiger partial charge in [0.1, 0.15) is 11.6 Å². The van der Waals surface area contributed by atoms with Gasteiger partial charge in [0.15, 0.2) is 4.90 Å². The molecule has 0 saturated carbocycles. The molecule has 23 heavy (non-hydrogen) atoms. The molecule has 0 heterocycles. The van der Waals surface area contributed by atoms with E-state index in [0.717, 1.165) is 12.1 Å². The fraction of sp³-hybridized carbons (Fsp3) is 0.0769. The summed E-state index contributed by atoms with van der Waals surface area (Å²) in [5.41, 5.74) is -0.878. The van der Waals surface area contributed by atoms with Crippen molar-refractivity contribution in [2.75, 3.05) is 11.8 Å². The molecule has 0 aromatic heterocycles. The summed E-state index contributed by atoms with van der Waals surface area (Å²) in [6.07, 6.45) is 0. The number of anilines is 1. The monoisotopic (exact) mass is 360 g/mol. The molecule has 0 unspecified atom stereocenters. The summed E-state index contributed by atoms with van der Waals surface area (Å²) in [5.74, 6) is -0.751. The summed E-state index contributed by atoms with van der Waals surface area (Å²) >= 11 is 5.80. The van der Waals surface area contributed by atoms with Gasteiger partial charge in [-0.3, -0.25) is 14.8 Å². The third kappa shape index (κ3) is 3.69. The average Bonchev–Trinajstić information content (AvgIpc) is 2.46. The summed E-state index contributed by atoms with van der Waals surface area (Å²) in [7, 11) is -3.03. The highest BCUT2D eigenvalue weighted by Gasteiger charge is 2.27. The zero-order chi connectivity index (χ0) is 17.2. The Bertz CT molecular complexity index is 873. The summed E-state index contributed by atoms with van der Waals surface area (Å²) in [4.78, 5) is 9.30. The first-order valence-electron chi connectivity index (χ1n) is 6.05. The molecule has 2 aromatic carbocycles. The first-order chi connectivity index (χ1) is 10.7. The number of nitro benzene ring substituents is 1. The smallest absolute Gasteiger partial charge is 0.292 e. The van der Waals surface area contributed by atoms with Gasteiger partial charge >= 0.3 is 0 Å². The average molecular weight is 361 g/mol. The normalized spacial score (nSPS) is 11.1. The fourth-order valence-corrected chi connectivity index (χ4v) is 3.21. The molecule has 2 rings (SSSR count). The topological polar surface area (TPSA) is 98.5 Å². The molecular formula is C13H10ClFN2O5S. The Morgan fingerprint density at radius 1 is 1.26 bits per heavy atom. The molecule has 1 N–H and O–H groups in total. The van der Waals surface area contributed by atoms with Crippen LogP contribution in [0.3, 0.4) is 0 Å². The molecule has 0 aliphatic heterocycles. The van der Waals surface area contributed by atoms with E-state index in [1.54, 1.807) is 0 Å². The molecule has 122 valence electrons. The van der Waals surface area contributed by atoms with E-state index in [-0.39, 0.29) is 16.5 Å². The second-order valence-electron chi connectivity index (χ2n) is 4.32. The number of hydrogen-bond donors (Lipinski definition) is 1. The van der Waals surface area contributed by atoms with Crippen LogP contribution in [-0.4, -0.2) is 20.5 Å².